The third-order valence-electron chi connectivity index (χ3n) is 7.48. The lowest BCUT2D eigenvalue weighted by atomic mass is 9.86. The third kappa shape index (κ3) is 6.17. The molecule has 2 saturated heterocycles. The number of likely N-dealkylation sites (tertiary alicyclic amines) is 2. The number of nitrogens with one attached hydrogen (secondary N) is 3. The molecule has 1 saturated carbocycles. The van der Waals surface area contributed by atoms with E-state index in [0.29, 0.717) is 38.9 Å². The number of rotatable bonds is 9. The molecule has 11 nitrogen and oxygen atoms in total. The van der Waals surface area contributed by atoms with Gasteiger partial charge in [0.15, 0.2) is 0 Å². The number of amides is 5. The average Bonchev–Trinajstić information content (AvgIpc) is 3.30. The molecule has 0 bridgehead atoms. The second kappa shape index (κ2) is 10.9. The normalized spacial score (nSPS) is 26.7. The average molecular weight is 506 g/mol. The van der Waals surface area contributed by atoms with E-state index in [2.05, 4.69) is 22.5 Å². The summed E-state index contributed by atoms with van der Waals surface area (Å²) in [5.74, 6) is -2.29. The number of urea groups is 1. The van der Waals surface area contributed by atoms with Crippen LogP contribution in [0.1, 0.15) is 59.3 Å². The Morgan fingerprint density at radius 2 is 1.92 bits per heavy atom. The Morgan fingerprint density at radius 3 is 2.50 bits per heavy atom. The molecular formula is C25H39N5O6. The van der Waals surface area contributed by atoms with Crippen molar-refractivity contribution >= 4 is 29.7 Å². The van der Waals surface area contributed by atoms with Crippen molar-refractivity contribution in [2.24, 2.45) is 11.3 Å². The monoisotopic (exact) mass is 505 g/mol. The van der Waals surface area contributed by atoms with Crippen LogP contribution in [0.4, 0.5) is 4.79 Å². The number of hydrogen-bond donors (Lipinski definition) is 4. The Bertz CT molecular complexity index is 915. The highest BCUT2D eigenvalue weighted by Crippen LogP contribution is 2.44. The van der Waals surface area contributed by atoms with Crippen molar-refractivity contribution in [1.29, 1.82) is 0 Å². The van der Waals surface area contributed by atoms with Gasteiger partial charge in [-0.15, -0.1) is 6.58 Å². The van der Waals surface area contributed by atoms with Gasteiger partial charge < -0.3 is 30.9 Å². The summed E-state index contributed by atoms with van der Waals surface area (Å²) in [6, 6.07) is -1.62. The lowest BCUT2D eigenvalue weighted by molar-refractivity contribution is -0.145. The zero-order valence-electron chi connectivity index (χ0n) is 21.5. The molecule has 3 fully saturated rings. The van der Waals surface area contributed by atoms with Crippen LogP contribution >= 0.6 is 0 Å². The van der Waals surface area contributed by atoms with Gasteiger partial charge in [0.25, 0.3) is 0 Å². The molecule has 0 spiro atoms. The number of aliphatic carboxylic acids is 1. The first-order valence-electron chi connectivity index (χ1n) is 12.7. The lowest BCUT2D eigenvalue weighted by Crippen LogP contribution is -2.56. The molecule has 4 N–H and O–H groups in total. The summed E-state index contributed by atoms with van der Waals surface area (Å²) in [4.78, 5) is 65.4. The molecule has 0 radical (unpaired) electrons. The summed E-state index contributed by atoms with van der Waals surface area (Å²) >= 11 is 0. The van der Waals surface area contributed by atoms with Gasteiger partial charge in [0.2, 0.25) is 17.7 Å². The standard InChI is InChI=1S/C25H39N5O6/c1-5-16-13-25(16,22(34)35)28-21(33)17-9-8-12-30(17)20(32)14-26-23(36)27-18(24(2,3)4)15-29-11-7-6-10-19(29)31/h5,16-18H,1,6-15H2,2-4H3,(H,28,33)(H,34,35)(H2,26,27,36)/t16?,17-,18+,25+/m0/s1. The fourth-order valence-corrected chi connectivity index (χ4v) is 4.93. The number of carboxylic acid groups (broad SMARTS) is 1. The maximum absolute atomic E-state index is 12.9. The number of hydrogen-bond acceptors (Lipinski definition) is 5. The van der Waals surface area contributed by atoms with E-state index >= 15 is 0 Å². The lowest BCUT2D eigenvalue weighted by Gasteiger charge is -2.37. The third-order valence-corrected chi connectivity index (χ3v) is 7.48. The quantitative estimate of drug-likeness (QED) is 0.342. The van der Waals surface area contributed by atoms with E-state index in [1.165, 1.54) is 11.0 Å². The minimum absolute atomic E-state index is 0.0847. The predicted octanol–water partition coefficient (Wildman–Crippen LogP) is 0.849. The van der Waals surface area contributed by atoms with Gasteiger partial charge >= 0.3 is 12.0 Å². The topological polar surface area (TPSA) is 148 Å². The highest BCUT2D eigenvalue weighted by atomic mass is 16.4. The van der Waals surface area contributed by atoms with Gasteiger partial charge in [-0.2, -0.15) is 0 Å². The Balaban J connectivity index is 1.53. The molecule has 200 valence electrons. The zero-order valence-corrected chi connectivity index (χ0v) is 21.5. The first-order valence-corrected chi connectivity index (χ1v) is 12.7. The highest BCUT2D eigenvalue weighted by Gasteiger charge is 2.61. The van der Waals surface area contributed by atoms with Gasteiger partial charge in [0.1, 0.15) is 11.6 Å². The number of carbonyl (C=O) groups excluding carboxylic acids is 4. The molecule has 2 aliphatic heterocycles. The van der Waals surface area contributed by atoms with Crippen molar-refractivity contribution < 1.29 is 29.1 Å². The summed E-state index contributed by atoms with van der Waals surface area (Å²) < 4.78 is 0. The molecule has 1 aliphatic carbocycles. The van der Waals surface area contributed by atoms with Crippen molar-refractivity contribution in [3.63, 3.8) is 0 Å². The van der Waals surface area contributed by atoms with Crippen molar-refractivity contribution in [3.05, 3.63) is 12.7 Å². The van der Waals surface area contributed by atoms with Crippen LogP contribution in [0.5, 0.6) is 0 Å². The van der Waals surface area contributed by atoms with E-state index in [9.17, 15) is 29.1 Å². The maximum Gasteiger partial charge on any atom is 0.330 e. The van der Waals surface area contributed by atoms with Crippen LogP contribution < -0.4 is 16.0 Å². The largest absolute Gasteiger partial charge is 0.479 e. The summed E-state index contributed by atoms with van der Waals surface area (Å²) in [6.07, 6.45) is 5.16. The molecule has 2 heterocycles. The van der Waals surface area contributed by atoms with Crippen LogP contribution in [0, 0.1) is 11.3 Å². The Morgan fingerprint density at radius 1 is 1.19 bits per heavy atom. The van der Waals surface area contributed by atoms with Gasteiger partial charge in [-0.25, -0.2) is 9.59 Å². The zero-order chi connectivity index (χ0) is 26.7. The molecule has 0 aromatic carbocycles. The minimum Gasteiger partial charge on any atom is -0.479 e. The van der Waals surface area contributed by atoms with E-state index in [0.717, 1.165) is 12.8 Å². The maximum atomic E-state index is 12.9. The number of nitrogens with zero attached hydrogens (tertiary/aromatic N) is 2. The van der Waals surface area contributed by atoms with Crippen LogP contribution in [0.3, 0.4) is 0 Å². The minimum atomic E-state index is -1.36. The van der Waals surface area contributed by atoms with E-state index in [-0.39, 0.29) is 36.2 Å². The van der Waals surface area contributed by atoms with Crippen molar-refractivity contribution in [1.82, 2.24) is 25.8 Å². The van der Waals surface area contributed by atoms with Gasteiger partial charge in [-0.1, -0.05) is 26.8 Å². The van der Waals surface area contributed by atoms with E-state index in [1.54, 1.807) is 4.90 Å². The fraction of sp³-hybridized carbons (Fsp3) is 0.720. The van der Waals surface area contributed by atoms with Gasteiger partial charge in [-0.05, 0) is 37.5 Å². The predicted molar refractivity (Wildman–Crippen MR) is 132 cm³/mol. The van der Waals surface area contributed by atoms with Crippen molar-refractivity contribution in [2.75, 3.05) is 26.2 Å². The summed E-state index contributed by atoms with van der Waals surface area (Å²) in [6.45, 7) is 10.7. The van der Waals surface area contributed by atoms with Crippen LogP contribution in [0.2, 0.25) is 0 Å². The van der Waals surface area contributed by atoms with E-state index < -0.39 is 35.4 Å². The van der Waals surface area contributed by atoms with Crippen molar-refractivity contribution in [2.45, 2.75) is 76.9 Å². The van der Waals surface area contributed by atoms with Crippen LogP contribution in [-0.2, 0) is 19.2 Å². The molecule has 36 heavy (non-hydrogen) atoms. The highest BCUT2D eigenvalue weighted by molar-refractivity contribution is 5.95. The molecular weight excluding hydrogens is 466 g/mol. The van der Waals surface area contributed by atoms with Gasteiger partial charge in [0.05, 0.1) is 12.6 Å². The first-order chi connectivity index (χ1) is 16.9. The number of carbonyl (C=O) groups is 5. The molecule has 0 aromatic heterocycles. The van der Waals surface area contributed by atoms with Gasteiger partial charge in [-0.3, -0.25) is 14.4 Å². The van der Waals surface area contributed by atoms with Crippen LogP contribution in [-0.4, -0.2) is 88.4 Å². The number of piperidine rings is 1. The second-order valence-corrected chi connectivity index (χ2v) is 11.1. The Hall–Kier alpha value is -3.11. The van der Waals surface area contributed by atoms with Crippen LogP contribution in [0.25, 0.3) is 0 Å². The fourth-order valence-electron chi connectivity index (χ4n) is 4.93. The Kier molecular flexibility index (Phi) is 8.30. The van der Waals surface area contributed by atoms with E-state index in [1.807, 2.05) is 20.8 Å². The van der Waals surface area contributed by atoms with Crippen molar-refractivity contribution in [3.8, 4) is 0 Å². The molecule has 11 heteroatoms. The summed E-state index contributed by atoms with van der Waals surface area (Å²) in [5.41, 5.74) is -1.67. The molecule has 1 unspecified atom stereocenters. The summed E-state index contributed by atoms with van der Waals surface area (Å²) in [5, 5.41) is 17.6. The number of carboxylic acids is 1. The smallest absolute Gasteiger partial charge is 0.330 e. The first kappa shape index (κ1) is 27.5. The second-order valence-electron chi connectivity index (χ2n) is 11.1. The SMILES string of the molecule is C=CC1C[C@]1(NC(=O)[C@@H]1CCCN1C(=O)CNC(=O)N[C@H](CN1CCCCC1=O)C(C)(C)C)C(=O)O. The molecule has 4 atom stereocenters. The molecule has 3 aliphatic rings. The Labute approximate surface area is 212 Å². The molecule has 0 aromatic rings. The van der Waals surface area contributed by atoms with Gasteiger partial charge in [0, 0.05) is 32.0 Å². The van der Waals surface area contributed by atoms with Crippen LogP contribution in [0.15, 0.2) is 12.7 Å². The molecule has 5 amide bonds. The molecule has 3 rings (SSSR count). The van der Waals surface area contributed by atoms with E-state index in [4.69, 9.17) is 0 Å². The summed E-state index contributed by atoms with van der Waals surface area (Å²) in [7, 11) is 0.